The zero-order valence-corrected chi connectivity index (χ0v) is 17.0. The molecule has 31 heavy (non-hydrogen) atoms. The van der Waals surface area contributed by atoms with Gasteiger partial charge in [-0.1, -0.05) is 6.07 Å². The van der Waals surface area contributed by atoms with Crippen LogP contribution in [0.1, 0.15) is 30.8 Å². The van der Waals surface area contributed by atoms with Gasteiger partial charge in [-0.2, -0.15) is 5.26 Å². The lowest BCUT2D eigenvalue weighted by molar-refractivity contribution is 0.287. The van der Waals surface area contributed by atoms with Gasteiger partial charge in [0, 0.05) is 18.0 Å². The summed E-state index contributed by atoms with van der Waals surface area (Å²) in [6.07, 6.45) is 1.15. The number of hydrogen-bond acceptors (Lipinski definition) is 5. The van der Waals surface area contributed by atoms with Gasteiger partial charge in [0.25, 0.3) is 0 Å². The normalized spacial score (nSPS) is 13.0. The zero-order valence-electron chi connectivity index (χ0n) is 17.0. The SMILES string of the molecule is CC(C)N1CCOc2c(F)cc(-c3nc(Cc4ccc(C#N)c(F)c4)ncc3F)cc21. The molecule has 0 fully saturated rings. The van der Waals surface area contributed by atoms with Crippen LogP contribution in [0.15, 0.2) is 36.5 Å². The molecular formula is C23H19F3N4O. The highest BCUT2D eigenvalue weighted by molar-refractivity contribution is 5.72. The van der Waals surface area contributed by atoms with E-state index in [4.69, 9.17) is 10.00 Å². The predicted octanol–water partition coefficient (Wildman–Crippen LogP) is 4.63. The summed E-state index contributed by atoms with van der Waals surface area (Å²) in [5.41, 5.74) is 1.23. The maximum atomic E-state index is 14.8. The molecule has 0 N–H and O–H groups in total. The van der Waals surface area contributed by atoms with Gasteiger partial charge in [-0.15, -0.1) is 0 Å². The number of aromatic nitrogens is 2. The van der Waals surface area contributed by atoms with Crippen LogP contribution < -0.4 is 9.64 Å². The fraction of sp³-hybridized carbons (Fsp3) is 0.261. The fourth-order valence-corrected chi connectivity index (χ4v) is 3.61. The average Bonchev–Trinajstić information content (AvgIpc) is 2.74. The first-order chi connectivity index (χ1) is 14.9. The van der Waals surface area contributed by atoms with Crippen LogP contribution in [-0.4, -0.2) is 29.2 Å². The summed E-state index contributed by atoms with van der Waals surface area (Å²) >= 11 is 0. The van der Waals surface area contributed by atoms with Crippen molar-refractivity contribution in [2.45, 2.75) is 26.3 Å². The summed E-state index contributed by atoms with van der Waals surface area (Å²) in [6.45, 7) is 4.93. The van der Waals surface area contributed by atoms with Crippen LogP contribution in [0.4, 0.5) is 18.9 Å². The quantitative estimate of drug-likeness (QED) is 0.611. The molecule has 4 rings (SSSR count). The minimum Gasteiger partial charge on any atom is -0.486 e. The Morgan fingerprint density at radius 1 is 1.13 bits per heavy atom. The first kappa shape index (κ1) is 20.7. The number of nitriles is 1. The Kier molecular flexibility index (Phi) is 5.51. The van der Waals surface area contributed by atoms with Crippen molar-refractivity contribution in [3.63, 3.8) is 0 Å². The average molecular weight is 424 g/mol. The maximum Gasteiger partial charge on any atom is 0.178 e. The molecule has 158 valence electrons. The van der Waals surface area contributed by atoms with E-state index in [1.54, 1.807) is 18.2 Å². The number of hydrogen-bond donors (Lipinski definition) is 0. The summed E-state index contributed by atoms with van der Waals surface area (Å²) in [4.78, 5) is 10.2. The van der Waals surface area contributed by atoms with Crippen LogP contribution in [-0.2, 0) is 6.42 Å². The van der Waals surface area contributed by atoms with Crippen molar-refractivity contribution in [3.8, 4) is 23.1 Å². The van der Waals surface area contributed by atoms with E-state index < -0.39 is 17.5 Å². The molecule has 0 spiro atoms. The first-order valence-corrected chi connectivity index (χ1v) is 9.80. The smallest absolute Gasteiger partial charge is 0.178 e. The van der Waals surface area contributed by atoms with Crippen molar-refractivity contribution in [3.05, 3.63) is 70.9 Å². The molecule has 5 nitrogen and oxygen atoms in total. The van der Waals surface area contributed by atoms with Gasteiger partial charge in [-0.05, 0) is 43.7 Å². The number of fused-ring (bicyclic) bond motifs is 1. The van der Waals surface area contributed by atoms with E-state index in [2.05, 4.69) is 9.97 Å². The van der Waals surface area contributed by atoms with Gasteiger partial charge in [0.15, 0.2) is 17.4 Å². The van der Waals surface area contributed by atoms with Crippen molar-refractivity contribution in [2.75, 3.05) is 18.1 Å². The summed E-state index contributed by atoms with van der Waals surface area (Å²) in [6, 6.07) is 8.90. The second kappa shape index (κ2) is 8.26. The highest BCUT2D eigenvalue weighted by Crippen LogP contribution is 2.39. The number of anilines is 1. The van der Waals surface area contributed by atoms with E-state index >= 15 is 0 Å². The highest BCUT2D eigenvalue weighted by atomic mass is 19.1. The topological polar surface area (TPSA) is 62.0 Å². The maximum absolute atomic E-state index is 14.8. The van der Waals surface area contributed by atoms with E-state index in [1.165, 1.54) is 18.2 Å². The van der Waals surface area contributed by atoms with Crippen LogP contribution in [0, 0.1) is 28.8 Å². The summed E-state index contributed by atoms with van der Waals surface area (Å²) in [5, 5.41) is 8.85. The molecule has 3 aromatic rings. The Hall–Kier alpha value is -3.60. The number of benzene rings is 2. The summed E-state index contributed by atoms with van der Waals surface area (Å²) < 4.78 is 48.7. The molecular weight excluding hydrogens is 405 g/mol. The molecule has 0 atom stereocenters. The Morgan fingerprint density at radius 3 is 2.65 bits per heavy atom. The van der Waals surface area contributed by atoms with Gasteiger partial charge in [0.1, 0.15) is 30.0 Å². The molecule has 0 saturated heterocycles. The molecule has 0 radical (unpaired) electrons. The molecule has 0 bridgehead atoms. The van der Waals surface area contributed by atoms with Crippen LogP contribution in [0.5, 0.6) is 5.75 Å². The number of ether oxygens (including phenoxy) is 1. The lowest BCUT2D eigenvalue weighted by Gasteiger charge is -2.34. The molecule has 0 saturated carbocycles. The van der Waals surface area contributed by atoms with Crippen LogP contribution >= 0.6 is 0 Å². The molecule has 2 heterocycles. The molecule has 0 unspecified atom stereocenters. The molecule has 1 aliphatic rings. The molecule has 0 aliphatic carbocycles. The predicted molar refractivity (Wildman–Crippen MR) is 109 cm³/mol. The molecule has 0 amide bonds. The fourth-order valence-electron chi connectivity index (χ4n) is 3.61. The first-order valence-electron chi connectivity index (χ1n) is 9.80. The number of halogens is 3. The van der Waals surface area contributed by atoms with Crippen LogP contribution in [0.2, 0.25) is 0 Å². The Labute approximate surface area is 177 Å². The minimum atomic E-state index is -0.693. The van der Waals surface area contributed by atoms with Crippen molar-refractivity contribution >= 4 is 5.69 Å². The van der Waals surface area contributed by atoms with Crippen LogP contribution in [0.3, 0.4) is 0 Å². The second-order valence-electron chi connectivity index (χ2n) is 7.53. The van der Waals surface area contributed by atoms with Gasteiger partial charge >= 0.3 is 0 Å². The lowest BCUT2D eigenvalue weighted by atomic mass is 10.1. The molecule has 2 aromatic carbocycles. The van der Waals surface area contributed by atoms with Crippen molar-refractivity contribution in [1.82, 2.24) is 9.97 Å². The summed E-state index contributed by atoms with van der Waals surface area (Å²) in [7, 11) is 0. The second-order valence-corrected chi connectivity index (χ2v) is 7.53. The van der Waals surface area contributed by atoms with Gasteiger partial charge in [0.2, 0.25) is 0 Å². The largest absolute Gasteiger partial charge is 0.486 e. The Bertz CT molecular complexity index is 1190. The molecule has 1 aromatic heterocycles. The third-order valence-corrected chi connectivity index (χ3v) is 5.12. The Morgan fingerprint density at radius 2 is 1.94 bits per heavy atom. The van der Waals surface area contributed by atoms with Crippen LogP contribution in [0.25, 0.3) is 11.3 Å². The standard InChI is InChI=1S/C23H19F3N4O/c1-13(2)30-5-6-31-23-18(25)9-16(10-20(23)30)22-19(26)12-28-21(29-22)8-14-3-4-15(11-27)17(24)7-14/h3-4,7,9-10,12-13H,5-6,8H2,1-2H3. The van der Waals surface area contributed by atoms with Gasteiger partial charge in [0.05, 0.1) is 24.0 Å². The minimum absolute atomic E-state index is 0.0462. The number of nitrogens with zero attached hydrogens (tertiary/aromatic N) is 4. The van der Waals surface area contributed by atoms with E-state index in [0.29, 0.717) is 24.4 Å². The zero-order chi connectivity index (χ0) is 22.1. The van der Waals surface area contributed by atoms with Crippen molar-refractivity contribution in [2.24, 2.45) is 0 Å². The van der Waals surface area contributed by atoms with Gasteiger partial charge in [-0.25, -0.2) is 23.1 Å². The van der Waals surface area contributed by atoms with Gasteiger partial charge in [-0.3, -0.25) is 0 Å². The van der Waals surface area contributed by atoms with E-state index in [0.717, 1.165) is 6.20 Å². The van der Waals surface area contributed by atoms with E-state index in [-0.39, 0.29) is 40.9 Å². The lowest BCUT2D eigenvalue weighted by Crippen LogP contribution is -2.38. The van der Waals surface area contributed by atoms with E-state index in [9.17, 15) is 13.2 Å². The number of rotatable bonds is 4. The molecule has 8 heteroatoms. The third-order valence-electron chi connectivity index (χ3n) is 5.12. The highest BCUT2D eigenvalue weighted by Gasteiger charge is 2.25. The third kappa shape index (κ3) is 4.04. The van der Waals surface area contributed by atoms with Gasteiger partial charge < -0.3 is 9.64 Å². The van der Waals surface area contributed by atoms with Crippen molar-refractivity contribution < 1.29 is 17.9 Å². The van der Waals surface area contributed by atoms with E-state index in [1.807, 2.05) is 18.7 Å². The Balaban J connectivity index is 1.72. The summed E-state index contributed by atoms with van der Waals surface area (Å²) in [5.74, 6) is -1.54. The van der Waals surface area contributed by atoms with Crippen molar-refractivity contribution in [1.29, 1.82) is 5.26 Å². The molecule has 1 aliphatic heterocycles. The monoisotopic (exact) mass is 424 g/mol.